The zero-order valence-corrected chi connectivity index (χ0v) is 18.1. The Bertz CT molecular complexity index is 1100. The number of benzene rings is 2. The van der Waals surface area contributed by atoms with Crippen molar-refractivity contribution in [3.05, 3.63) is 54.6 Å². The maximum absolute atomic E-state index is 15.5. The molecule has 1 N–H and O–H groups in total. The molecule has 32 heavy (non-hydrogen) atoms. The average Bonchev–Trinajstić information content (AvgIpc) is 3.23. The molecule has 8 nitrogen and oxygen atoms in total. The molecule has 4 rings (SSSR count). The first-order valence-corrected chi connectivity index (χ1v) is 11.4. The number of alkyl halides is 2. The Morgan fingerprint density at radius 1 is 1.12 bits per heavy atom. The van der Waals surface area contributed by atoms with Crippen LogP contribution in [0.5, 0.6) is 5.75 Å². The molecule has 2 heterocycles. The van der Waals surface area contributed by atoms with Gasteiger partial charge in [-0.25, -0.2) is 13.2 Å². The number of halogens is 2. The van der Waals surface area contributed by atoms with Crippen LogP contribution in [-0.4, -0.2) is 68.7 Å². The molecule has 2 amide bonds. The molecule has 0 aromatic heterocycles. The summed E-state index contributed by atoms with van der Waals surface area (Å²) in [5, 5.41) is 2.58. The van der Waals surface area contributed by atoms with E-state index in [2.05, 4.69) is 5.32 Å². The van der Waals surface area contributed by atoms with Crippen LogP contribution in [0, 0.1) is 0 Å². The minimum atomic E-state index is -4.31. The Labute approximate surface area is 184 Å². The highest BCUT2D eigenvalue weighted by Gasteiger charge is 2.67. The molecule has 2 aromatic carbocycles. The highest BCUT2D eigenvalue weighted by molar-refractivity contribution is 7.89. The van der Waals surface area contributed by atoms with E-state index in [4.69, 9.17) is 9.47 Å². The van der Waals surface area contributed by atoms with Crippen molar-refractivity contribution in [2.24, 2.45) is 0 Å². The van der Waals surface area contributed by atoms with Gasteiger partial charge in [0.25, 0.3) is 0 Å². The van der Waals surface area contributed by atoms with E-state index in [1.807, 2.05) is 0 Å². The van der Waals surface area contributed by atoms with Gasteiger partial charge in [-0.05, 0) is 24.3 Å². The summed E-state index contributed by atoms with van der Waals surface area (Å²) in [5.41, 5.74) is -1.89. The number of amides is 2. The molecule has 1 atom stereocenters. The first-order valence-electron chi connectivity index (χ1n) is 9.99. The van der Waals surface area contributed by atoms with Crippen LogP contribution in [-0.2, 0) is 14.8 Å². The Hall–Kier alpha value is -2.76. The van der Waals surface area contributed by atoms with Crippen LogP contribution < -0.4 is 10.1 Å². The number of carbonyl (C=O) groups is 1. The standard InChI is InChI=1S/C21H23F2N3O5S/c1-30-17-8-5-9-18(14-17)32(28,29)26-12-13-31-21(26)10-11-25(15-20(21,22)23)19(27)24-16-6-3-2-4-7-16/h2-9,14H,10-13,15H2,1H3,(H,24,27). The van der Waals surface area contributed by atoms with E-state index >= 15 is 8.78 Å². The number of methoxy groups -OCH3 is 1. The maximum atomic E-state index is 15.5. The molecule has 0 saturated carbocycles. The van der Waals surface area contributed by atoms with Gasteiger partial charge >= 0.3 is 12.0 Å². The molecule has 0 radical (unpaired) electrons. The van der Waals surface area contributed by atoms with Crippen molar-refractivity contribution in [2.75, 3.05) is 38.7 Å². The lowest BCUT2D eigenvalue weighted by Crippen LogP contribution is -2.68. The zero-order valence-electron chi connectivity index (χ0n) is 17.3. The Morgan fingerprint density at radius 3 is 2.56 bits per heavy atom. The molecule has 2 aliphatic rings. The second-order valence-electron chi connectivity index (χ2n) is 7.56. The van der Waals surface area contributed by atoms with Crippen LogP contribution in [0.15, 0.2) is 59.5 Å². The van der Waals surface area contributed by atoms with Gasteiger partial charge < -0.3 is 19.7 Å². The van der Waals surface area contributed by atoms with Gasteiger partial charge in [0.15, 0.2) is 0 Å². The zero-order chi connectivity index (χ0) is 23.0. The van der Waals surface area contributed by atoms with Gasteiger partial charge in [-0.3, -0.25) is 0 Å². The minimum absolute atomic E-state index is 0.0988. The number of carbonyl (C=O) groups excluding carboxylic acids is 1. The number of para-hydroxylation sites is 1. The summed E-state index contributed by atoms with van der Waals surface area (Å²) in [6, 6.07) is 13.4. The quantitative estimate of drug-likeness (QED) is 0.747. The van der Waals surface area contributed by atoms with E-state index in [0.717, 1.165) is 9.21 Å². The van der Waals surface area contributed by atoms with E-state index in [1.165, 1.54) is 25.3 Å². The number of hydrogen-bond acceptors (Lipinski definition) is 5. The highest BCUT2D eigenvalue weighted by atomic mass is 32.2. The fourth-order valence-corrected chi connectivity index (χ4v) is 5.80. The van der Waals surface area contributed by atoms with E-state index in [9.17, 15) is 13.2 Å². The second kappa shape index (κ2) is 8.30. The highest BCUT2D eigenvalue weighted by Crippen LogP contribution is 2.47. The van der Waals surface area contributed by atoms with Crippen molar-refractivity contribution in [3.63, 3.8) is 0 Å². The van der Waals surface area contributed by atoms with Crippen molar-refractivity contribution >= 4 is 21.7 Å². The molecule has 1 spiro atoms. The third-order valence-corrected chi connectivity index (χ3v) is 7.57. The Kier molecular flexibility index (Phi) is 5.82. The van der Waals surface area contributed by atoms with Crippen LogP contribution in [0.1, 0.15) is 6.42 Å². The molecule has 2 aliphatic heterocycles. The van der Waals surface area contributed by atoms with E-state index in [0.29, 0.717) is 11.4 Å². The van der Waals surface area contributed by atoms with Crippen LogP contribution in [0.2, 0.25) is 0 Å². The third kappa shape index (κ3) is 3.80. The number of piperidine rings is 1. The number of sulfonamides is 1. The molecule has 2 aromatic rings. The lowest BCUT2D eigenvalue weighted by molar-refractivity contribution is -0.246. The van der Waals surface area contributed by atoms with E-state index in [1.54, 1.807) is 36.4 Å². The Morgan fingerprint density at radius 2 is 1.88 bits per heavy atom. The third-order valence-electron chi connectivity index (χ3n) is 5.66. The molecule has 0 aliphatic carbocycles. The maximum Gasteiger partial charge on any atom is 0.322 e. The molecule has 11 heteroatoms. The summed E-state index contributed by atoms with van der Waals surface area (Å²) in [7, 11) is -2.92. The summed E-state index contributed by atoms with van der Waals surface area (Å²) in [4.78, 5) is 13.3. The molecule has 2 fully saturated rings. The summed E-state index contributed by atoms with van der Waals surface area (Å²) in [5.74, 6) is -3.35. The van der Waals surface area contributed by atoms with Crippen LogP contribution in [0.4, 0.5) is 19.3 Å². The monoisotopic (exact) mass is 467 g/mol. The predicted molar refractivity (Wildman–Crippen MR) is 112 cm³/mol. The van der Waals surface area contributed by atoms with Crippen molar-refractivity contribution in [3.8, 4) is 5.75 Å². The molecule has 172 valence electrons. The predicted octanol–water partition coefficient (Wildman–Crippen LogP) is 2.99. The first-order chi connectivity index (χ1) is 15.2. The molecular formula is C21H23F2N3O5S. The number of rotatable bonds is 4. The smallest absolute Gasteiger partial charge is 0.322 e. The largest absolute Gasteiger partial charge is 0.497 e. The van der Waals surface area contributed by atoms with Crippen molar-refractivity contribution in [1.82, 2.24) is 9.21 Å². The summed E-state index contributed by atoms with van der Waals surface area (Å²) in [6.07, 6.45) is -0.370. The normalized spacial score (nSPS) is 23.3. The SMILES string of the molecule is COc1cccc(S(=O)(=O)N2CCOC23CCN(C(=O)Nc2ccccc2)CC3(F)F)c1. The van der Waals surface area contributed by atoms with Crippen molar-refractivity contribution in [2.45, 2.75) is 23.0 Å². The van der Waals surface area contributed by atoms with E-state index in [-0.39, 0.29) is 31.0 Å². The van der Waals surface area contributed by atoms with Gasteiger partial charge in [-0.2, -0.15) is 13.1 Å². The van der Waals surface area contributed by atoms with Gasteiger partial charge in [0.05, 0.1) is 25.2 Å². The minimum Gasteiger partial charge on any atom is -0.497 e. The molecule has 1 unspecified atom stereocenters. The number of likely N-dealkylation sites (tertiary alicyclic amines) is 1. The number of nitrogens with one attached hydrogen (secondary N) is 1. The molecule has 2 saturated heterocycles. The van der Waals surface area contributed by atoms with Crippen molar-refractivity contribution in [1.29, 1.82) is 0 Å². The Balaban J connectivity index is 1.58. The molecular weight excluding hydrogens is 444 g/mol. The number of urea groups is 1. The number of anilines is 1. The summed E-state index contributed by atoms with van der Waals surface area (Å²) in [6.45, 7) is -1.46. The van der Waals surface area contributed by atoms with Gasteiger partial charge in [-0.1, -0.05) is 24.3 Å². The van der Waals surface area contributed by atoms with Gasteiger partial charge in [-0.15, -0.1) is 0 Å². The van der Waals surface area contributed by atoms with Crippen LogP contribution >= 0.6 is 0 Å². The lowest BCUT2D eigenvalue weighted by Gasteiger charge is -2.47. The first kappa shape index (κ1) is 22.4. The van der Waals surface area contributed by atoms with Gasteiger partial charge in [0.1, 0.15) is 5.75 Å². The van der Waals surface area contributed by atoms with Crippen LogP contribution in [0.3, 0.4) is 0 Å². The van der Waals surface area contributed by atoms with Crippen LogP contribution in [0.25, 0.3) is 0 Å². The molecule has 0 bridgehead atoms. The van der Waals surface area contributed by atoms with Gasteiger partial charge in [0, 0.05) is 31.3 Å². The second-order valence-corrected chi connectivity index (χ2v) is 9.42. The lowest BCUT2D eigenvalue weighted by atomic mass is 9.96. The topological polar surface area (TPSA) is 88.2 Å². The van der Waals surface area contributed by atoms with Crippen molar-refractivity contribution < 1.29 is 31.5 Å². The van der Waals surface area contributed by atoms with Gasteiger partial charge in [0.2, 0.25) is 15.7 Å². The fourth-order valence-electron chi connectivity index (χ4n) is 4.05. The average molecular weight is 467 g/mol. The van der Waals surface area contributed by atoms with E-state index < -0.39 is 34.2 Å². The summed E-state index contributed by atoms with van der Waals surface area (Å²) >= 11 is 0. The summed E-state index contributed by atoms with van der Waals surface area (Å²) < 4.78 is 68.7. The number of hydrogen-bond donors (Lipinski definition) is 1. The fraction of sp³-hybridized carbons (Fsp3) is 0.381. The number of ether oxygens (including phenoxy) is 2. The number of nitrogens with zero attached hydrogens (tertiary/aromatic N) is 2.